The van der Waals surface area contributed by atoms with Crippen LogP contribution in [0.2, 0.25) is 0 Å². The lowest BCUT2D eigenvalue weighted by Crippen LogP contribution is -2.31. The van der Waals surface area contributed by atoms with Crippen LogP contribution in [0.1, 0.15) is 19.7 Å². The van der Waals surface area contributed by atoms with E-state index in [2.05, 4.69) is 34.0 Å². The number of nitrogens with zero attached hydrogens (tertiary/aromatic N) is 3. The van der Waals surface area contributed by atoms with Gasteiger partial charge in [0.1, 0.15) is 5.82 Å². The Morgan fingerprint density at radius 1 is 1.07 bits per heavy atom. The molecule has 7 heteroatoms. The van der Waals surface area contributed by atoms with Crippen LogP contribution in [0.25, 0.3) is 10.9 Å². The molecule has 0 radical (unpaired) electrons. The molecule has 2 N–H and O–H groups in total. The number of carbonyl (C=O) groups is 1. The van der Waals surface area contributed by atoms with Crippen LogP contribution in [0.5, 0.6) is 0 Å². The standard InChI is InChI=1S/C22H27N5O2/c1-4-27(5-2)17-12-10-16(11-13-17)23-21(28)15-26(3)14-20-24-19-9-7-6-8-18(19)22(29)25-20/h6-13H,4-5,14-15H2,1-3H3,(H,23,28)(H,24,25,29). The van der Waals surface area contributed by atoms with Crippen LogP contribution in [0.15, 0.2) is 53.3 Å². The van der Waals surface area contributed by atoms with Crippen molar-refractivity contribution in [3.05, 3.63) is 64.7 Å². The molecule has 0 saturated heterocycles. The van der Waals surface area contributed by atoms with Crippen LogP contribution in [0, 0.1) is 0 Å². The number of para-hydroxylation sites is 1. The second-order valence-electron chi connectivity index (χ2n) is 6.97. The van der Waals surface area contributed by atoms with Gasteiger partial charge in [0.05, 0.1) is 24.0 Å². The second-order valence-corrected chi connectivity index (χ2v) is 6.97. The van der Waals surface area contributed by atoms with Gasteiger partial charge in [0.2, 0.25) is 5.91 Å². The minimum Gasteiger partial charge on any atom is -0.372 e. The van der Waals surface area contributed by atoms with Gasteiger partial charge in [-0.2, -0.15) is 0 Å². The Bertz CT molecular complexity index is 1030. The monoisotopic (exact) mass is 393 g/mol. The first-order chi connectivity index (χ1) is 14.0. The summed E-state index contributed by atoms with van der Waals surface area (Å²) in [6.07, 6.45) is 0. The van der Waals surface area contributed by atoms with Crippen molar-refractivity contribution in [2.24, 2.45) is 0 Å². The summed E-state index contributed by atoms with van der Waals surface area (Å²) in [5.41, 5.74) is 2.38. The van der Waals surface area contributed by atoms with E-state index in [9.17, 15) is 9.59 Å². The summed E-state index contributed by atoms with van der Waals surface area (Å²) >= 11 is 0. The van der Waals surface area contributed by atoms with Crippen molar-refractivity contribution >= 4 is 28.2 Å². The molecule has 0 aliphatic carbocycles. The van der Waals surface area contributed by atoms with Crippen molar-refractivity contribution in [1.82, 2.24) is 14.9 Å². The number of nitrogens with one attached hydrogen (secondary N) is 2. The number of aromatic amines is 1. The van der Waals surface area contributed by atoms with E-state index in [1.807, 2.05) is 54.4 Å². The molecule has 0 spiro atoms. The Labute approximate surface area is 170 Å². The zero-order chi connectivity index (χ0) is 20.8. The lowest BCUT2D eigenvalue weighted by atomic mass is 10.2. The van der Waals surface area contributed by atoms with E-state index in [4.69, 9.17) is 0 Å². The van der Waals surface area contributed by atoms with E-state index in [-0.39, 0.29) is 18.0 Å². The number of H-pyrrole nitrogens is 1. The normalized spacial score (nSPS) is 11.0. The van der Waals surface area contributed by atoms with Crippen molar-refractivity contribution in [3.8, 4) is 0 Å². The van der Waals surface area contributed by atoms with E-state index in [1.54, 1.807) is 6.07 Å². The summed E-state index contributed by atoms with van der Waals surface area (Å²) in [4.78, 5) is 35.9. The average Bonchev–Trinajstić information content (AvgIpc) is 2.70. The highest BCUT2D eigenvalue weighted by atomic mass is 16.2. The van der Waals surface area contributed by atoms with Crippen molar-refractivity contribution in [2.75, 3.05) is 36.9 Å². The maximum Gasteiger partial charge on any atom is 0.258 e. The molecule has 3 aromatic rings. The summed E-state index contributed by atoms with van der Waals surface area (Å²) in [5, 5.41) is 3.47. The molecule has 3 rings (SSSR count). The van der Waals surface area contributed by atoms with Gasteiger partial charge in [0, 0.05) is 24.5 Å². The van der Waals surface area contributed by atoms with Crippen LogP contribution in [-0.2, 0) is 11.3 Å². The largest absolute Gasteiger partial charge is 0.372 e. The molecule has 2 aromatic carbocycles. The number of amides is 1. The van der Waals surface area contributed by atoms with Crippen LogP contribution in [-0.4, -0.2) is 47.5 Å². The fourth-order valence-corrected chi connectivity index (χ4v) is 3.31. The van der Waals surface area contributed by atoms with E-state index >= 15 is 0 Å². The minimum atomic E-state index is -0.170. The Hall–Kier alpha value is -3.19. The van der Waals surface area contributed by atoms with Crippen LogP contribution in [0.3, 0.4) is 0 Å². The Morgan fingerprint density at radius 3 is 2.45 bits per heavy atom. The van der Waals surface area contributed by atoms with Gasteiger partial charge in [0.15, 0.2) is 0 Å². The highest BCUT2D eigenvalue weighted by Crippen LogP contribution is 2.17. The first kappa shape index (κ1) is 20.5. The highest BCUT2D eigenvalue weighted by molar-refractivity contribution is 5.92. The molecule has 1 heterocycles. The van der Waals surface area contributed by atoms with E-state index in [1.165, 1.54) is 0 Å². The molecule has 0 unspecified atom stereocenters. The highest BCUT2D eigenvalue weighted by Gasteiger charge is 2.11. The van der Waals surface area contributed by atoms with Crippen LogP contribution in [0.4, 0.5) is 11.4 Å². The first-order valence-corrected chi connectivity index (χ1v) is 9.81. The molecule has 0 fully saturated rings. The fraction of sp³-hybridized carbons (Fsp3) is 0.318. The summed E-state index contributed by atoms with van der Waals surface area (Å²) < 4.78 is 0. The molecular formula is C22H27N5O2. The van der Waals surface area contributed by atoms with Gasteiger partial charge in [-0.3, -0.25) is 14.5 Å². The minimum absolute atomic E-state index is 0.119. The average molecular weight is 393 g/mol. The van der Waals surface area contributed by atoms with Gasteiger partial charge in [-0.1, -0.05) is 12.1 Å². The zero-order valence-electron chi connectivity index (χ0n) is 17.1. The molecule has 0 bridgehead atoms. The molecule has 7 nitrogen and oxygen atoms in total. The summed E-state index contributed by atoms with van der Waals surface area (Å²) in [6, 6.07) is 15.1. The third-order valence-electron chi connectivity index (χ3n) is 4.77. The lowest BCUT2D eigenvalue weighted by molar-refractivity contribution is -0.117. The Morgan fingerprint density at radius 2 is 1.76 bits per heavy atom. The number of hydrogen-bond acceptors (Lipinski definition) is 5. The number of anilines is 2. The number of benzene rings is 2. The van der Waals surface area contributed by atoms with Gasteiger partial charge in [-0.15, -0.1) is 0 Å². The molecule has 0 saturated carbocycles. The fourth-order valence-electron chi connectivity index (χ4n) is 3.31. The topological polar surface area (TPSA) is 81.3 Å². The van der Waals surface area contributed by atoms with Gasteiger partial charge in [-0.05, 0) is 57.3 Å². The van der Waals surface area contributed by atoms with Crippen LogP contribution < -0.4 is 15.8 Å². The van der Waals surface area contributed by atoms with Gasteiger partial charge in [0.25, 0.3) is 5.56 Å². The SMILES string of the molecule is CCN(CC)c1ccc(NC(=O)CN(C)Cc2nc3ccccc3c(=O)[nH]2)cc1. The number of fused-ring (bicyclic) bond motifs is 1. The second kappa shape index (κ2) is 9.34. The number of likely N-dealkylation sites (N-methyl/N-ethyl adjacent to an activating group) is 1. The molecular weight excluding hydrogens is 366 g/mol. The molecule has 29 heavy (non-hydrogen) atoms. The molecule has 0 aliphatic rings. The lowest BCUT2D eigenvalue weighted by Gasteiger charge is -2.21. The molecule has 0 atom stereocenters. The van der Waals surface area contributed by atoms with E-state index < -0.39 is 0 Å². The number of carbonyl (C=O) groups excluding carboxylic acids is 1. The van der Waals surface area contributed by atoms with Gasteiger partial charge < -0.3 is 15.2 Å². The van der Waals surface area contributed by atoms with Crippen molar-refractivity contribution < 1.29 is 4.79 Å². The van der Waals surface area contributed by atoms with Crippen molar-refractivity contribution in [3.63, 3.8) is 0 Å². The Kier molecular flexibility index (Phi) is 6.61. The zero-order valence-corrected chi connectivity index (χ0v) is 17.1. The molecule has 0 aliphatic heterocycles. The quantitative estimate of drug-likeness (QED) is 0.615. The third-order valence-corrected chi connectivity index (χ3v) is 4.77. The molecule has 1 amide bonds. The third kappa shape index (κ3) is 5.20. The summed E-state index contributed by atoms with van der Waals surface area (Å²) in [7, 11) is 1.82. The molecule has 1 aromatic heterocycles. The number of rotatable bonds is 8. The maximum atomic E-state index is 12.4. The van der Waals surface area contributed by atoms with Gasteiger partial charge in [-0.25, -0.2) is 4.98 Å². The number of hydrogen-bond donors (Lipinski definition) is 2. The summed E-state index contributed by atoms with van der Waals surface area (Å²) in [5.74, 6) is 0.416. The van der Waals surface area contributed by atoms with E-state index in [0.717, 1.165) is 24.5 Å². The predicted octanol–water partition coefficient (Wildman–Crippen LogP) is 2.84. The predicted molar refractivity (Wildman–Crippen MR) is 117 cm³/mol. The van der Waals surface area contributed by atoms with Crippen LogP contribution >= 0.6 is 0 Å². The van der Waals surface area contributed by atoms with Crippen molar-refractivity contribution in [2.45, 2.75) is 20.4 Å². The number of aromatic nitrogens is 2. The van der Waals surface area contributed by atoms with E-state index in [0.29, 0.717) is 23.3 Å². The first-order valence-electron chi connectivity index (χ1n) is 9.81. The Balaban J connectivity index is 1.59. The summed E-state index contributed by atoms with van der Waals surface area (Å²) in [6.45, 7) is 6.68. The smallest absolute Gasteiger partial charge is 0.258 e. The maximum absolute atomic E-state index is 12.4. The molecule has 152 valence electrons. The van der Waals surface area contributed by atoms with Crippen molar-refractivity contribution in [1.29, 1.82) is 0 Å². The van der Waals surface area contributed by atoms with Gasteiger partial charge >= 0.3 is 0 Å².